The van der Waals surface area contributed by atoms with Crippen LogP contribution in [-0.2, 0) is 18.9 Å². The van der Waals surface area contributed by atoms with Crippen LogP contribution < -0.4 is 0 Å². The van der Waals surface area contributed by atoms with Crippen LogP contribution in [0.5, 0.6) is 0 Å². The van der Waals surface area contributed by atoms with Crippen LogP contribution in [-0.4, -0.2) is 50.3 Å². The molecule has 0 saturated heterocycles. The summed E-state index contributed by atoms with van der Waals surface area (Å²) in [5.41, 5.74) is 1.02. The molecule has 0 aromatic heterocycles. The van der Waals surface area contributed by atoms with E-state index in [1.54, 1.807) is 24.3 Å². The minimum absolute atomic E-state index is 0.192. The molecule has 8 heteroatoms. The fourth-order valence-corrected chi connectivity index (χ4v) is 8.30. The summed E-state index contributed by atoms with van der Waals surface area (Å²) in [6, 6.07) is 10.5. The molecule has 0 fully saturated rings. The van der Waals surface area contributed by atoms with E-state index in [1.165, 1.54) is 0 Å². The highest BCUT2D eigenvalue weighted by Crippen LogP contribution is 2.41. The highest BCUT2D eigenvalue weighted by molar-refractivity contribution is 6.32. The first-order valence-corrected chi connectivity index (χ1v) is 23.6. The molecule has 4 rings (SSSR count). The number of carbonyl (C=O) groups is 4. The predicted molar refractivity (Wildman–Crippen MR) is 244 cm³/mol. The molecular formula is C52H74O8. The minimum Gasteiger partial charge on any atom is -0.462 e. The average Bonchev–Trinajstić information content (AvgIpc) is 3.27. The van der Waals surface area contributed by atoms with E-state index in [0.717, 1.165) is 103 Å². The van der Waals surface area contributed by atoms with E-state index in [-0.39, 0.29) is 60.2 Å². The van der Waals surface area contributed by atoms with E-state index in [9.17, 15) is 19.2 Å². The highest BCUT2D eigenvalue weighted by Gasteiger charge is 2.28. The van der Waals surface area contributed by atoms with Crippen LogP contribution in [0.1, 0.15) is 200 Å². The van der Waals surface area contributed by atoms with Gasteiger partial charge in [-0.15, -0.1) is 0 Å². The fraction of sp³-hybridized carbons (Fsp3) is 0.615. The Labute approximate surface area is 360 Å². The van der Waals surface area contributed by atoms with Gasteiger partial charge in [-0.05, 0) is 106 Å². The van der Waals surface area contributed by atoms with Gasteiger partial charge >= 0.3 is 23.9 Å². The molecule has 60 heavy (non-hydrogen) atoms. The first kappa shape index (κ1) is 48.5. The second-order valence-electron chi connectivity index (χ2n) is 17.1. The number of hydrogen-bond acceptors (Lipinski definition) is 8. The van der Waals surface area contributed by atoms with Crippen molar-refractivity contribution in [1.29, 1.82) is 0 Å². The van der Waals surface area contributed by atoms with E-state index in [0.29, 0.717) is 44.5 Å². The van der Waals surface area contributed by atoms with E-state index in [1.807, 2.05) is 12.1 Å². The normalized spacial score (nSPS) is 13.7. The zero-order valence-electron chi connectivity index (χ0n) is 38.2. The molecule has 0 saturated carbocycles. The van der Waals surface area contributed by atoms with E-state index in [2.05, 4.69) is 55.4 Å². The number of carbonyl (C=O) groups excluding carboxylic acids is 4. The van der Waals surface area contributed by atoms with Crippen molar-refractivity contribution in [2.45, 2.75) is 158 Å². The molecule has 0 radical (unpaired) electrons. The summed E-state index contributed by atoms with van der Waals surface area (Å²) in [5, 5.41) is 3.57. The Hall–Kier alpha value is -4.20. The summed E-state index contributed by atoms with van der Waals surface area (Å²) in [6.45, 7) is 18.1. The Kier molecular flexibility index (Phi) is 20.1. The van der Waals surface area contributed by atoms with Crippen molar-refractivity contribution in [2.75, 3.05) is 26.4 Å². The SMILES string of the molecule is CCCC[C@@H](CC)COC(=O)c1cc2ccc3c(C(=O)OC[C@H](CC)CCCC)cc(C(=O)OC[C@H](CC)CCCC)c4cc(C(=O)OC[C@H](CC)CCCC)c(c1)c2c34. The highest BCUT2D eigenvalue weighted by atomic mass is 16.5. The van der Waals surface area contributed by atoms with Crippen LogP contribution >= 0.6 is 0 Å². The first-order chi connectivity index (χ1) is 29.1. The average molecular weight is 827 g/mol. The maximum Gasteiger partial charge on any atom is 0.338 e. The summed E-state index contributed by atoms with van der Waals surface area (Å²) < 4.78 is 24.1. The van der Waals surface area contributed by atoms with Crippen molar-refractivity contribution >= 4 is 56.2 Å². The number of esters is 4. The maximum atomic E-state index is 14.4. The lowest BCUT2D eigenvalue weighted by Gasteiger charge is -2.21. The Morgan fingerprint density at radius 2 is 0.783 bits per heavy atom. The van der Waals surface area contributed by atoms with Crippen LogP contribution in [0, 0.1) is 23.7 Å². The van der Waals surface area contributed by atoms with Gasteiger partial charge in [0.25, 0.3) is 0 Å². The predicted octanol–water partition coefficient (Wildman–Crippen LogP) is 14.1. The number of unbranched alkanes of at least 4 members (excludes halogenated alkanes) is 4. The van der Waals surface area contributed by atoms with Gasteiger partial charge in [0.1, 0.15) is 0 Å². The zero-order chi connectivity index (χ0) is 43.6. The number of rotatable bonds is 28. The van der Waals surface area contributed by atoms with Gasteiger partial charge < -0.3 is 18.9 Å². The molecule has 0 aliphatic rings. The van der Waals surface area contributed by atoms with Gasteiger partial charge in [0.05, 0.1) is 48.7 Å². The third-order valence-electron chi connectivity index (χ3n) is 12.7. The van der Waals surface area contributed by atoms with Gasteiger partial charge in [-0.3, -0.25) is 0 Å². The van der Waals surface area contributed by atoms with Gasteiger partial charge in [0.2, 0.25) is 0 Å². The second kappa shape index (κ2) is 24.9. The molecule has 0 aliphatic heterocycles. The molecule has 330 valence electrons. The lowest BCUT2D eigenvalue weighted by atomic mass is 9.86. The monoisotopic (exact) mass is 827 g/mol. The third kappa shape index (κ3) is 12.7. The topological polar surface area (TPSA) is 105 Å². The molecule has 0 aliphatic carbocycles. The fourth-order valence-electron chi connectivity index (χ4n) is 8.30. The molecule has 0 N–H and O–H groups in total. The van der Waals surface area contributed by atoms with Crippen LogP contribution in [0.25, 0.3) is 32.3 Å². The van der Waals surface area contributed by atoms with E-state index in [4.69, 9.17) is 18.9 Å². The number of hydrogen-bond donors (Lipinski definition) is 0. The van der Waals surface area contributed by atoms with Gasteiger partial charge in [-0.1, -0.05) is 145 Å². The Morgan fingerprint density at radius 3 is 1.18 bits per heavy atom. The molecule has 8 nitrogen and oxygen atoms in total. The van der Waals surface area contributed by atoms with Crippen molar-refractivity contribution in [2.24, 2.45) is 23.7 Å². The van der Waals surface area contributed by atoms with Crippen LogP contribution in [0.2, 0.25) is 0 Å². The van der Waals surface area contributed by atoms with Gasteiger partial charge in [0.15, 0.2) is 0 Å². The molecule has 0 bridgehead atoms. The van der Waals surface area contributed by atoms with Gasteiger partial charge in [0, 0.05) is 0 Å². The minimum atomic E-state index is -0.561. The lowest BCUT2D eigenvalue weighted by molar-refractivity contribution is 0.0415. The molecule has 4 aromatic carbocycles. The molecular weight excluding hydrogens is 753 g/mol. The van der Waals surface area contributed by atoms with Crippen LogP contribution in [0.4, 0.5) is 0 Å². The van der Waals surface area contributed by atoms with E-state index >= 15 is 0 Å². The van der Waals surface area contributed by atoms with Crippen molar-refractivity contribution in [3.63, 3.8) is 0 Å². The third-order valence-corrected chi connectivity index (χ3v) is 12.7. The number of ether oxygens (including phenoxy) is 4. The maximum absolute atomic E-state index is 14.4. The Bertz CT molecular complexity index is 1980. The van der Waals surface area contributed by atoms with Crippen molar-refractivity contribution in [3.8, 4) is 0 Å². The second-order valence-corrected chi connectivity index (χ2v) is 17.1. The van der Waals surface area contributed by atoms with Crippen molar-refractivity contribution in [3.05, 3.63) is 58.7 Å². The summed E-state index contributed by atoms with van der Waals surface area (Å²) in [5.74, 6) is -1.16. The smallest absolute Gasteiger partial charge is 0.338 e. The van der Waals surface area contributed by atoms with Gasteiger partial charge in [-0.2, -0.15) is 0 Å². The van der Waals surface area contributed by atoms with Crippen LogP contribution in [0.3, 0.4) is 0 Å². The largest absolute Gasteiger partial charge is 0.462 e. The molecule has 0 amide bonds. The lowest BCUT2D eigenvalue weighted by Crippen LogP contribution is -2.18. The summed E-state index contributed by atoms with van der Waals surface area (Å²) in [7, 11) is 0. The standard InChI is InChI=1S/C52H74O8/c1-9-17-21-35(13-5)31-57-49(53)40-27-39-25-26-41-44(50(54)58-32-36(14-6)22-18-10-2)30-46(52(56)60-34-38(16-8)24-20-12-4)43-29-45(42(28-40)47(39)48(41)43)51(55)59-33-37(15-7)23-19-11-3/h25-30,35-38H,9-24,31-34H2,1-8H3/t35-,36-,37-,38-/m1/s1. The van der Waals surface area contributed by atoms with Crippen molar-refractivity contribution < 1.29 is 38.1 Å². The summed E-state index contributed by atoms with van der Waals surface area (Å²) >= 11 is 0. The number of benzene rings is 4. The molecule has 0 heterocycles. The molecule has 0 unspecified atom stereocenters. The Balaban J connectivity index is 1.94. The molecule has 4 aromatic rings. The molecule has 4 atom stereocenters. The first-order valence-electron chi connectivity index (χ1n) is 23.6. The molecule has 0 spiro atoms. The van der Waals surface area contributed by atoms with Gasteiger partial charge in [-0.25, -0.2) is 19.2 Å². The quantitative estimate of drug-likeness (QED) is 0.0317. The van der Waals surface area contributed by atoms with E-state index < -0.39 is 23.9 Å². The zero-order valence-corrected chi connectivity index (χ0v) is 38.2. The summed E-state index contributed by atoms with van der Waals surface area (Å²) in [6.07, 6.45) is 15.8. The summed E-state index contributed by atoms with van der Waals surface area (Å²) in [4.78, 5) is 56.7. The Morgan fingerprint density at radius 1 is 0.417 bits per heavy atom. The van der Waals surface area contributed by atoms with Crippen LogP contribution in [0.15, 0.2) is 36.4 Å². The van der Waals surface area contributed by atoms with Crippen molar-refractivity contribution in [1.82, 2.24) is 0 Å².